The van der Waals surface area contributed by atoms with Crippen LogP contribution in [0.2, 0.25) is 0 Å². The second-order valence-corrected chi connectivity index (χ2v) is 7.57. The minimum absolute atomic E-state index is 0.571. The minimum Gasteiger partial charge on any atom is -0.330 e. The molecule has 0 aliphatic carbocycles. The molecule has 1 aromatic rings. The van der Waals surface area contributed by atoms with Crippen molar-refractivity contribution in [3.63, 3.8) is 0 Å². The Morgan fingerprint density at radius 2 is 2.00 bits per heavy atom. The van der Waals surface area contributed by atoms with E-state index in [9.17, 15) is 0 Å². The maximum atomic E-state index is 5.85. The third-order valence-corrected chi connectivity index (χ3v) is 6.01. The molecule has 2 nitrogen and oxygen atoms in total. The van der Waals surface area contributed by atoms with Crippen LogP contribution in [0.1, 0.15) is 42.3 Å². The quantitative estimate of drug-likeness (QED) is 0.926. The molecule has 2 heterocycles. The molecule has 2 fully saturated rings. The van der Waals surface area contributed by atoms with Crippen molar-refractivity contribution in [1.29, 1.82) is 0 Å². The normalized spacial score (nSPS) is 28.9. The summed E-state index contributed by atoms with van der Waals surface area (Å²) in [6.07, 6.45) is 3.91. The molecule has 0 radical (unpaired) electrons. The summed E-state index contributed by atoms with van der Waals surface area (Å²) < 4.78 is 0. The fourth-order valence-electron chi connectivity index (χ4n) is 3.72. The summed E-state index contributed by atoms with van der Waals surface area (Å²) in [5, 5.41) is 0. The molecule has 0 spiro atoms. The summed E-state index contributed by atoms with van der Waals surface area (Å²) >= 11 is 2.10. The van der Waals surface area contributed by atoms with E-state index in [0.717, 1.165) is 19.0 Å². The number of thioether (sulfide) groups is 1. The van der Waals surface area contributed by atoms with Crippen molar-refractivity contribution in [3.05, 3.63) is 35.4 Å². The SMILES string of the molecule is CN1CC(CN)CC1c1cccc(C2CCSCC2)c1. The maximum absolute atomic E-state index is 5.85. The summed E-state index contributed by atoms with van der Waals surface area (Å²) in [5.74, 6) is 4.11. The summed E-state index contributed by atoms with van der Waals surface area (Å²) in [7, 11) is 2.24. The van der Waals surface area contributed by atoms with E-state index >= 15 is 0 Å². The lowest BCUT2D eigenvalue weighted by Gasteiger charge is -2.24. The minimum atomic E-state index is 0.571. The Morgan fingerprint density at radius 3 is 2.70 bits per heavy atom. The van der Waals surface area contributed by atoms with E-state index in [1.165, 1.54) is 36.3 Å². The fraction of sp³-hybridized carbons (Fsp3) is 0.647. The Bertz CT molecular complexity index is 442. The van der Waals surface area contributed by atoms with Crippen LogP contribution in [-0.2, 0) is 0 Å². The van der Waals surface area contributed by atoms with Crippen LogP contribution < -0.4 is 5.73 Å². The molecule has 0 saturated carbocycles. The Hall–Kier alpha value is -0.510. The molecule has 2 aliphatic heterocycles. The number of nitrogens with zero attached hydrogens (tertiary/aromatic N) is 1. The molecule has 1 aromatic carbocycles. The Balaban J connectivity index is 1.77. The molecule has 20 heavy (non-hydrogen) atoms. The molecule has 2 aliphatic rings. The number of hydrogen-bond acceptors (Lipinski definition) is 3. The first-order chi connectivity index (χ1) is 9.78. The maximum Gasteiger partial charge on any atom is 0.0348 e. The highest BCUT2D eigenvalue weighted by Gasteiger charge is 2.30. The zero-order valence-corrected chi connectivity index (χ0v) is 13.2. The van der Waals surface area contributed by atoms with Gasteiger partial charge in [-0.2, -0.15) is 11.8 Å². The van der Waals surface area contributed by atoms with E-state index in [-0.39, 0.29) is 0 Å². The molecule has 0 aromatic heterocycles. The van der Waals surface area contributed by atoms with Crippen molar-refractivity contribution in [2.75, 3.05) is 31.6 Å². The van der Waals surface area contributed by atoms with Gasteiger partial charge in [-0.05, 0) is 67.3 Å². The Labute approximate surface area is 127 Å². The van der Waals surface area contributed by atoms with Gasteiger partial charge in [0.15, 0.2) is 0 Å². The van der Waals surface area contributed by atoms with E-state index in [1.807, 2.05) is 0 Å². The first kappa shape index (κ1) is 14.4. The molecule has 2 unspecified atom stereocenters. The van der Waals surface area contributed by atoms with E-state index in [2.05, 4.69) is 48.0 Å². The van der Waals surface area contributed by atoms with Gasteiger partial charge < -0.3 is 5.73 Å². The largest absolute Gasteiger partial charge is 0.330 e. The van der Waals surface area contributed by atoms with Gasteiger partial charge in [-0.3, -0.25) is 4.90 Å². The highest BCUT2D eigenvalue weighted by molar-refractivity contribution is 7.99. The van der Waals surface area contributed by atoms with Crippen molar-refractivity contribution >= 4 is 11.8 Å². The molecule has 2 saturated heterocycles. The van der Waals surface area contributed by atoms with Crippen LogP contribution >= 0.6 is 11.8 Å². The van der Waals surface area contributed by atoms with Crippen LogP contribution in [0.5, 0.6) is 0 Å². The van der Waals surface area contributed by atoms with Gasteiger partial charge >= 0.3 is 0 Å². The zero-order chi connectivity index (χ0) is 13.9. The average Bonchev–Trinajstić information content (AvgIpc) is 2.89. The van der Waals surface area contributed by atoms with Crippen LogP contribution in [0.3, 0.4) is 0 Å². The average molecular weight is 290 g/mol. The van der Waals surface area contributed by atoms with Crippen LogP contribution in [0.25, 0.3) is 0 Å². The number of benzene rings is 1. The summed E-state index contributed by atoms with van der Waals surface area (Å²) in [6, 6.07) is 9.94. The van der Waals surface area contributed by atoms with Crippen molar-refractivity contribution in [2.24, 2.45) is 11.7 Å². The van der Waals surface area contributed by atoms with Crippen molar-refractivity contribution in [3.8, 4) is 0 Å². The molecule has 110 valence electrons. The third kappa shape index (κ3) is 3.05. The molecule has 0 amide bonds. The van der Waals surface area contributed by atoms with Crippen molar-refractivity contribution in [2.45, 2.75) is 31.2 Å². The molecule has 3 heteroatoms. The van der Waals surface area contributed by atoms with Gasteiger partial charge in [-0.15, -0.1) is 0 Å². The zero-order valence-electron chi connectivity index (χ0n) is 12.4. The van der Waals surface area contributed by atoms with E-state index in [4.69, 9.17) is 5.73 Å². The molecule has 3 rings (SSSR count). The van der Waals surface area contributed by atoms with Crippen LogP contribution in [0, 0.1) is 5.92 Å². The van der Waals surface area contributed by atoms with Crippen LogP contribution in [0.15, 0.2) is 24.3 Å². The lowest BCUT2D eigenvalue weighted by atomic mass is 9.90. The highest BCUT2D eigenvalue weighted by atomic mass is 32.2. The van der Waals surface area contributed by atoms with Gasteiger partial charge in [0.25, 0.3) is 0 Å². The first-order valence-electron chi connectivity index (χ1n) is 7.86. The molecular weight excluding hydrogens is 264 g/mol. The number of hydrogen-bond donors (Lipinski definition) is 1. The highest BCUT2D eigenvalue weighted by Crippen LogP contribution is 2.37. The standard InChI is InChI=1S/C17H26N2S/c1-19-12-13(11-18)9-17(19)16-4-2-3-15(10-16)14-5-7-20-8-6-14/h2-4,10,13-14,17H,5-9,11-12,18H2,1H3. The second kappa shape index (κ2) is 6.50. The molecular formula is C17H26N2S. The van der Waals surface area contributed by atoms with Gasteiger partial charge in [0, 0.05) is 12.6 Å². The van der Waals surface area contributed by atoms with Gasteiger partial charge in [-0.1, -0.05) is 24.3 Å². The summed E-state index contributed by atoms with van der Waals surface area (Å²) in [4.78, 5) is 2.48. The van der Waals surface area contributed by atoms with Crippen LogP contribution in [0.4, 0.5) is 0 Å². The van der Waals surface area contributed by atoms with Gasteiger partial charge in [0.2, 0.25) is 0 Å². The van der Waals surface area contributed by atoms with Crippen molar-refractivity contribution in [1.82, 2.24) is 4.90 Å². The molecule has 2 N–H and O–H groups in total. The Kier molecular flexibility index (Phi) is 4.69. The van der Waals surface area contributed by atoms with E-state index in [0.29, 0.717) is 12.0 Å². The van der Waals surface area contributed by atoms with Crippen LogP contribution in [-0.4, -0.2) is 36.5 Å². The summed E-state index contributed by atoms with van der Waals surface area (Å²) in [5.41, 5.74) is 8.92. The summed E-state index contributed by atoms with van der Waals surface area (Å²) in [6.45, 7) is 1.96. The van der Waals surface area contributed by atoms with Gasteiger partial charge in [-0.25, -0.2) is 0 Å². The smallest absolute Gasteiger partial charge is 0.0348 e. The molecule has 2 atom stereocenters. The number of nitrogens with two attached hydrogens (primary N) is 1. The third-order valence-electron chi connectivity index (χ3n) is 4.96. The number of likely N-dealkylation sites (tertiary alicyclic amines) is 1. The number of rotatable bonds is 3. The first-order valence-corrected chi connectivity index (χ1v) is 9.01. The van der Waals surface area contributed by atoms with Gasteiger partial charge in [0.05, 0.1) is 0 Å². The van der Waals surface area contributed by atoms with Gasteiger partial charge in [0.1, 0.15) is 0 Å². The second-order valence-electron chi connectivity index (χ2n) is 6.35. The lowest BCUT2D eigenvalue weighted by molar-refractivity contribution is 0.313. The van der Waals surface area contributed by atoms with Crippen molar-refractivity contribution < 1.29 is 0 Å². The monoisotopic (exact) mass is 290 g/mol. The lowest BCUT2D eigenvalue weighted by Crippen LogP contribution is -2.20. The predicted molar refractivity (Wildman–Crippen MR) is 88.3 cm³/mol. The Morgan fingerprint density at radius 1 is 1.25 bits per heavy atom. The topological polar surface area (TPSA) is 29.3 Å². The predicted octanol–water partition coefficient (Wildman–Crippen LogP) is 3.25. The molecule has 0 bridgehead atoms. The van der Waals surface area contributed by atoms with E-state index < -0.39 is 0 Å². The fourth-order valence-corrected chi connectivity index (χ4v) is 4.82. The van der Waals surface area contributed by atoms with E-state index in [1.54, 1.807) is 5.56 Å².